The molecule has 16 heteroatoms. The molecule has 258 valence electrons. The fourth-order valence-electron chi connectivity index (χ4n) is 6.04. The van der Waals surface area contributed by atoms with Crippen LogP contribution < -0.4 is 15.3 Å². The highest BCUT2D eigenvalue weighted by atomic mass is 31.2. The number of fused-ring (bicyclic) bond motifs is 2. The Morgan fingerprint density at radius 1 is 1.21 bits per heavy atom. The van der Waals surface area contributed by atoms with Gasteiger partial charge in [0, 0.05) is 6.42 Å². The van der Waals surface area contributed by atoms with Crippen LogP contribution in [-0.4, -0.2) is 76.6 Å². The van der Waals surface area contributed by atoms with Gasteiger partial charge in [0.25, 0.3) is 0 Å². The number of carbonyl (C=O) groups is 1. The van der Waals surface area contributed by atoms with Crippen molar-refractivity contribution in [3.63, 3.8) is 0 Å². The Morgan fingerprint density at radius 2 is 1.96 bits per heavy atom. The third-order valence-electron chi connectivity index (χ3n) is 8.49. The van der Waals surface area contributed by atoms with E-state index in [-0.39, 0.29) is 23.6 Å². The summed E-state index contributed by atoms with van der Waals surface area (Å²) in [5.74, 6) is -1.26. The van der Waals surface area contributed by atoms with Crippen LogP contribution in [-0.2, 0) is 48.6 Å². The molecule has 3 N–H and O–H groups in total. The minimum atomic E-state index is -4.31. The van der Waals surface area contributed by atoms with E-state index in [1.54, 1.807) is 38.1 Å². The van der Waals surface area contributed by atoms with Gasteiger partial charge in [-0.2, -0.15) is 15.4 Å². The van der Waals surface area contributed by atoms with Crippen LogP contribution in [0.2, 0.25) is 0 Å². The first-order valence-electron chi connectivity index (χ1n) is 15.8. The fourth-order valence-corrected chi connectivity index (χ4v) is 7.54. The molecule has 3 aliphatic rings. The second kappa shape index (κ2) is 12.7. The molecule has 6 rings (SSSR count). The second-order valence-electron chi connectivity index (χ2n) is 13.6. The van der Waals surface area contributed by atoms with Gasteiger partial charge in [-0.3, -0.25) is 9.32 Å². The van der Waals surface area contributed by atoms with Gasteiger partial charge in [-0.15, -0.1) is 0 Å². The van der Waals surface area contributed by atoms with Crippen LogP contribution in [0.1, 0.15) is 59.2 Å². The number of esters is 1. The van der Waals surface area contributed by atoms with Crippen LogP contribution in [0.25, 0.3) is 5.52 Å². The molecular formula is C32H41N6O9P. The average Bonchev–Trinajstić information content (AvgIpc) is 3.81. The monoisotopic (exact) mass is 684 g/mol. The van der Waals surface area contributed by atoms with E-state index in [0.717, 1.165) is 5.56 Å². The van der Waals surface area contributed by atoms with E-state index in [1.165, 1.54) is 17.8 Å². The van der Waals surface area contributed by atoms with Crippen molar-refractivity contribution in [3.8, 4) is 11.8 Å². The van der Waals surface area contributed by atoms with Gasteiger partial charge in [0.05, 0.1) is 25.5 Å². The number of nitrogens with one attached hydrogen (secondary N) is 1. The van der Waals surface area contributed by atoms with Gasteiger partial charge in [0.2, 0.25) is 5.60 Å². The molecular weight excluding hydrogens is 643 g/mol. The molecule has 3 saturated heterocycles. The van der Waals surface area contributed by atoms with Gasteiger partial charge < -0.3 is 33.9 Å². The van der Waals surface area contributed by atoms with Gasteiger partial charge in [-0.05, 0) is 56.0 Å². The standard InChI is InChI=1S/C32H41N6O9P/c1-19(29(39)43-22-13-14-41-15-22)37-48(40,47-21-9-7-20(8-10-21)30(2,3)4)42-16-24-26-27(46-31(5,6)45-26)32(17-33,44-24)25-12-11-23-28(34)35-18-36-38(23)25/h7-12,18-19,22,24,26-27H,13-16H2,1-6H3,(H,37,40)(H2,34,35,36)/t19-,22-,24+,26+,27+,32-,48?/m0/s1. The van der Waals surface area contributed by atoms with Crippen molar-refractivity contribution in [1.29, 1.82) is 5.26 Å². The Labute approximate surface area is 278 Å². The van der Waals surface area contributed by atoms with E-state index in [0.29, 0.717) is 30.8 Å². The van der Waals surface area contributed by atoms with E-state index < -0.39 is 55.6 Å². The molecule has 5 heterocycles. The predicted octanol–water partition coefficient (Wildman–Crippen LogP) is 3.76. The lowest BCUT2D eigenvalue weighted by Gasteiger charge is -2.29. The maximum absolute atomic E-state index is 14.4. The SMILES string of the molecule is C[C@H](NP(=O)(OC[C@H]1O[C@@](C#N)(c2ccc3c(N)ncnn23)[C@@H]2OC(C)(C)O[C@@H]21)Oc1ccc(C(C)(C)C)cc1)C(=O)O[C@H]1CCOC1. The zero-order chi connectivity index (χ0) is 34.5. The Kier molecular flexibility index (Phi) is 9.06. The van der Waals surface area contributed by atoms with Gasteiger partial charge in [0.1, 0.15) is 54.1 Å². The average molecular weight is 685 g/mol. The summed E-state index contributed by atoms with van der Waals surface area (Å²) >= 11 is 0. The summed E-state index contributed by atoms with van der Waals surface area (Å²) in [4.78, 5) is 17.0. The second-order valence-corrected chi connectivity index (χ2v) is 15.3. The number of nitrogens with zero attached hydrogens (tertiary/aromatic N) is 4. The summed E-state index contributed by atoms with van der Waals surface area (Å²) in [6.45, 7) is 11.6. The number of nitriles is 1. The largest absolute Gasteiger partial charge is 0.459 e. The zero-order valence-corrected chi connectivity index (χ0v) is 28.6. The number of nitrogens with two attached hydrogens (primary N) is 1. The van der Waals surface area contributed by atoms with Crippen LogP contribution in [0.4, 0.5) is 5.82 Å². The molecule has 1 unspecified atom stereocenters. The Hall–Kier alpha value is -3.61. The minimum absolute atomic E-state index is 0.122. The molecule has 7 atom stereocenters. The number of ether oxygens (including phenoxy) is 5. The molecule has 0 amide bonds. The van der Waals surface area contributed by atoms with Crippen molar-refractivity contribution in [2.75, 3.05) is 25.6 Å². The highest BCUT2D eigenvalue weighted by Crippen LogP contribution is 2.51. The van der Waals surface area contributed by atoms with E-state index in [9.17, 15) is 14.6 Å². The summed E-state index contributed by atoms with van der Waals surface area (Å²) in [5, 5.41) is 17.7. The number of hydrogen-bond acceptors (Lipinski definition) is 13. The lowest BCUT2D eigenvalue weighted by atomic mass is 9.87. The van der Waals surface area contributed by atoms with Crippen molar-refractivity contribution < 1.29 is 42.1 Å². The Bertz CT molecular complexity index is 1750. The van der Waals surface area contributed by atoms with E-state index in [2.05, 4.69) is 42.0 Å². The molecule has 3 aromatic rings. The molecule has 15 nitrogen and oxygen atoms in total. The molecule has 0 aliphatic carbocycles. The number of nitrogen functional groups attached to an aromatic ring is 1. The first kappa shape index (κ1) is 34.3. The molecule has 0 spiro atoms. The van der Waals surface area contributed by atoms with Crippen LogP contribution in [0.5, 0.6) is 5.75 Å². The number of benzene rings is 1. The Balaban J connectivity index is 1.27. The van der Waals surface area contributed by atoms with Crippen molar-refractivity contribution in [2.45, 2.75) is 95.2 Å². The molecule has 3 fully saturated rings. The summed E-state index contributed by atoms with van der Waals surface area (Å²) in [5.41, 5.74) is 6.08. The quantitative estimate of drug-likeness (QED) is 0.232. The fraction of sp³-hybridized carbons (Fsp3) is 0.562. The highest BCUT2D eigenvalue weighted by molar-refractivity contribution is 7.52. The van der Waals surface area contributed by atoms with Crippen molar-refractivity contribution in [3.05, 3.63) is 54.0 Å². The number of anilines is 1. The minimum Gasteiger partial charge on any atom is -0.459 e. The number of carbonyl (C=O) groups excluding carboxylic acids is 1. The van der Waals surface area contributed by atoms with Gasteiger partial charge in [-0.25, -0.2) is 14.1 Å². The zero-order valence-electron chi connectivity index (χ0n) is 27.7. The maximum Gasteiger partial charge on any atom is 0.459 e. The molecule has 0 saturated carbocycles. The van der Waals surface area contributed by atoms with E-state index in [4.69, 9.17) is 38.5 Å². The number of hydrogen-bond donors (Lipinski definition) is 2. The van der Waals surface area contributed by atoms with E-state index in [1.807, 2.05) is 12.1 Å². The van der Waals surface area contributed by atoms with E-state index >= 15 is 0 Å². The molecule has 3 aliphatic heterocycles. The van der Waals surface area contributed by atoms with Crippen LogP contribution in [0.3, 0.4) is 0 Å². The van der Waals surface area contributed by atoms with Gasteiger partial charge in [-0.1, -0.05) is 32.9 Å². The van der Waals surface area contributed by atoms with Crippen molar-refractivity contribution in [1.82, 2.24) is 19.7 Å². The number of rotatable bonds is 10. The third-order valence-corrected chi connectivity index (χ3v) is 10.1. The molecule has 2 aromatic heterocycles. The van der Waals surface area contributed by atoms with Crippen molar-refractivity contribution in [2.24, 2.45) is 0 Å². The number of aromatic nitrogens is 3. The van der Waals surface area contributed by atoms with Crippen molar-refractivity contribution >= 4 is 25.1 Å². The van der Waals surface area contributed by atoms with Crippen LogP contribution in [0, 0.1) is 11.3 Å². The summed E-state index contributed by atoms with van der Waals surface area (Å²) in [6.07, 6.45) is -1.28. The summed E-state index contributed by atoms with van der Waals surface area (Å²) < 4.78 is 57.6. The lowest BCUT2D eigenvalue weighted by Crippen LogP contribution is -2.40. The van der Waals surface area contributed by atoms with Gasteiger partial charge >= 0.3 is 13.7 Å². The topological polar surface area (TPSA) is 191 Å². The normalized spacial score (nSPS) is 28.4. The van der Waals surface area contributed by atoms with Crippen LogP contribution in [0.15, 0.2) is 42.7 Å². The Morgan fingerprint density at radius 3 is 2.62 bits per heavy atom. The first-order chi connectivity index (χ1) is 22.6. The summed E-state index contributed by atoms with van der Waals surface area (Å²) in [6, 6.07) is 11.6. The highest BCUT2D eigenvalue weighted by Gasteiger charge is 2.65. The maximum atomic E-state index is 14.4. The summed E-state index contributed by atoms with van der Waals surface area (Å²) in [7, 11) is -4.31. The van der Waals surface area contributed by atoms with Gasteiger partial charge in [0.15, 0.2) is 11.6 Å². The first-order valence-corrected chi connectivity index (χ1v) is 17.3. The van der Waals surface area contributed by atoms with Crippen LogP contribution >= 0.6 is 7.75 Å². The molecule has 0 radical (unpaired) electrons. The third kappa shape index (κ3) is 6.66. The smallest absolute Gasteiger partial charge is 0.459 e. The lowest BCUT2D eigenvalue weighted by molar-refractivity contribution is -0.204. The molecule has 48 heavy (non-hydrogen) atoms. The molecule has 1 aromatic carbocycles. The molecule has 0 bridgehead atoms. The predicted molar refractivity (Wildman–Crippen MR) is 171 cm³/mol.